The fourth-order valence-electron chi connectivity index (χ4n) is 3.51. The van der Waals surface area contributed by atoms with Gasteiger partial charge in [-0.1, -0.05) is 5.10 Å². The number of aromatic nitrogens is 2. The summed E-state index contributed by atoms with van der Waals surface area (Å²) in [4.78, 5) is 26.5. The van der Waals surface area contributed by atoms with Gasteiger partial charge < -0.3 is 23.5 Å². The van der Waals surface area contributed by atoms with Gasteiger partial charge in [0.1, 0.15) is 17.2 Å². The van der Waals surface area contributed by atoms with Crippen LogP contribution >= 0.6 is 0 Å². The van der Waals surface area contributed by atoms with Gasteiger partial charge in [0.2, 0.25) is 11.8 Å². The van der Waals surface area contributed by atoms with Crippen molar-refractivity contribution in [2.24, 2.45) is 0 Å². The molecule has 13 heteroatoms. The van der Waals surface area contributed by atoms with Gasteiger partial charge in [-0.15, -0.1) is 18.3 Å². The summed E-state index contributed by atoms with van der Waals surface area (Å²) < 4.78 is 56.7. The van der Waals surface area contributed by atoms with Crippen LogP contribution < -0.4 is 24.4 Å². The maximum Gasteiger partial charge on any atom is 0.573 e. The van der Waals surface area contributed by atoms with E-state index in [0.717, 1.165) is 12.1 Å². The molecule has 4 rings (SSSR count). The molecule has 1 aliphatic rings. The molecule has 1 fully saturated rings. The number of carbonyl (C=O) groups excluding carboxylic acids is 2. The number of nitrogens with zero attached hydrogens (tertiary/aromatic N) is 3. The van der Waals surface area contributed by atoms with Crippen LogP contribution in [0.2, 0.25) is 0 Å². The monoisotopic (exact) mass is 492 g/mol. The van der Waals surface area contributed by atoms with E-state index in [9.17, 15) is 22.8 Å². The predicted octanol–water partition coefficient (Wildman–Crippen LogP) is 3.76. The molecule has 1 aliphatic heterocycles. The number of methoxy groups -OCH3 is 2. The summed E-state index contributed by atoms with van der Waals surface area (Å²) in [6.07, 6.45) is -4.76. The number of hydrogen-bond acceptors (Lipinski definition) is 8. The topological polar surface area (TPSA) is 116 Å². The number of alkyl halides is 3. The van der Waals surface area contributed by atoms with E-state index in [0.29, 0.717) is 17.2 Å². The molecule has 3 aromatic rings. The van der Waals surface area contributed by atoms with E-state index in [-0.39, 0.29) is 36.3 Å². The second kappa shape index (κ2) is 9.52. The molecule has 0 bridgehead atoms. The standard InChI is InChI=1S/C22H19F3N4O6/c1-32-16-7-12(8-17(10-16)33-2)19(31)26-21-28-27-20(34-21)13-9-18(30)29(11-13)14-3-5-15(6-4-14)35-22(23,24)25/h3-8,10,13H,9,11H2,1-2H3,(H,26,28,31). The third kappa shape index (κ3) is 5.62. The van der Waals surface area contributed by atoms with Crippen molar-refractivity contribution in [3.8, 4) is 17.2 Å². The summed E-state index contributed by atoms with van der Waals surface area (Å²) in [5.74, 6) is -0.698. The van der Waals surface area contributed by atoms with E-state index < -0.39 is 23.9 Å². The Balaban J connectivity index is 1.42. The molecule has 1 saturated heterocycles. The van der Waals surface area contributed by atoms with Crippen LogP contribution in [0.4, 0.5) is 24.9 Å². The Hall–Kier alpha value is -4.29. The molecule has 10 nitrogen and oxygen atoms in total. The fraction of sp³-hybridized carbons (Fsp3) is 0.273. The second-order valence-electron chi connectivity index (χ2n) is 7.45. The van der Waals surface area contributed by atoms with Crippen LogP contribution in [0.5, 0.6) is 17.2 Å². The van der Waals surface area contributed by atoms with Crippen molar-refractivity contribution >= 4 is 23.5 Å². The number of amides is 2. The smallest absolute Gasteiger partial charge is 0.497 e. The lowest BCUT2D eigenvalue weighted by atomic mass is 10.1. The molecular formula is C22H19F3N4O6. The zero-order chi connectivity index (χ0) is 25.2. The number of anilines is 2. The highest BCUT2D eigenvalue weighted by molar-refractivity contribution is 6.03. The Kier molecular flexibility index (Phi) is 6.49. The number of rotatable bonds is 7. The average Bonchev–Trinajstić information content (AvgIpc) is 3.44. The lowest BCUT2D eigenvalue weighted by Crippen LogP contribution is -2.24. The summed E-state index contributed by atoms with van der Waals surface area (Å²) >= 11 is 0. The summed E-state index contributed by atoms with van der Waals surface area (Å²) in [7, 11) is 2.91. The van der Waals surface area contributed by atoms with Crippen LogP contribution in [-0.4, -0.2) is 49.1 Å². The number of benzene rings is 2. The quantitative estimate of drug-likeness (QED) is 0.530. The van der Waals surface area contributed by atoms with Crippen molar-refractivity contribution < 1.29 is 41.4 Å². The molecule has 2 amide bonds. The van der Waals surface area contributed by atoms with Crippen LogP contribution in [0.25, 0.3) is 0 Å². The Labute approximate surface area is 196 Å². The normalized spacial score (nSPS) is 15.7. The van der Waals surface area contributed by atoms with Crippen LogP contribution in [0, 0.1) is 0 Å². The van der Waals surface area contributed by atoms with Gasteiger partial charge in [0.15, 0.2) is 0 Å². The average molecular weight is 492 g/mol. The Morgan fingerprint density at radius 1 is 1.06 bits per heavy atom. The minimum absolute atomic E-state index is 0.0451. The largest absolute Gasteiger partial charge is 0.573 e. The van der Waals surface area contributed by atoms with Gasteiger partial charge >= 0.3 is 12.4 Å². The van der Waals surface area contributed by atoms with Crippen LogP contribution in [0.1, 0.15) is 28.6 Å². The molecule has 0 saturated carbocycles. The molecule has 2 aromatic carbocycles. The molecule has 0 spiro atoms. The minimum Gasteiger partial charge on any atom is -0.497 e. The first-order valence-electron chi connectivity index (χ1n) is 10.2. The van der Waals surface area contributed by atoms with E-state index in [2.05, 4.69) is 20.3 Å². The van der Waals surface area contributed by atoms with Crippen molar-refractivity contribution in [3.05, 3.63) is 53.9 Å². The van der Waals surface area contributed by atoms with Crippen LogP contribution in [-0.2, 0) is 4.79 Å². The summed E-state index contributed by atoms with van der Waals surface area (Å²) in [5, 5.41) is 10.2. The fourth-order valence-corrected chi connectivity index (χ4v) is 3.51. The molecule has 0 aliphatic carbocycles. The van der Waals surface area contributed by atoms with E-state index in [1.807, 2.05) is 0 Å². The molecule has 1 aromatic heterocycles. The Morgan fingerprint density at radius 2 is 1.71 bits per heavy atom. The number of ether oxygens (including phenoxy) is 3. The zero-order valence-electron chi connectivity index (χ0n) is 18.5. The van der Waals surface area contributed by atoms with E-state index in [1.165, 1.54) is 43.4 Å². The zero-order valence-corrected chi connectivity index (χ0v) is 18.5. The third-order valence-corrected chi connectivity index (χ3v) is 5.13. The van der Waals surface area contributed by atoms with E-state index in [1.54, 1.807) is 6.07 Å². The van der Waals surface area contributed by atoms with Crippen molar-refractivity contribution in [1.82, 2.24) is 10.2 Å². The number of nitrogens with one attached hydrogen (secondary N) is 1. The maximum absolute atomic E-state index is 12.6. The molecule has 1 atom stereocenters. The van der Waals surface area contributed by atoms with Gasteiger partial charge in [0.25, 0.3) is 5.91 Å². The summed E-state index contributed by atoms with van der Waals surface area (Å²) in [6.45, 7) is 0.168. The van der Waals surface area contributed by atoms with E-state index in [4.69, 9.17) is 13.9 Å². The number of halogens is 3. The highest BCUT2D eigenvalue weighted by Crippen LogP contribution is 2.33. The molecule has 35 heavy (non-hydrogen) atoms. The molecule has 1 unspecified atom stereocenters. The van der Waals surface area contributed by atoms with Gasteiger partial charge in [0.05, 0.1) is 20.1 Å². The van der Waals surface area contributed by atoms with Crippen molar-refractivity contribution in [2.45, 2.75) is 18.7 Å². The minimum atomic E-state index is -4.81. The highest BCUT2D eigenvalue weighted by atomic mass is 19.4. The predicted molar refractivity (Wildman–Crippen MR) is 115 cm³/mol. The van der Waals surface area contributed by atoms with Crippen LogP contribution in [0.15, 0.2) is 46.9 Å². The van der Waals surface area contributed by atoms with Crippen molar-refractivity contribution in [1.29, 1.82) is 0 Å². The number of carbonyl (C=O) groups is 2. The van der Waals surface area contributed by atoms with E-state index >= 15 is 0 Å². The molecule has 0 radical (unpaired) electrons. The molecule has 1 N–H and O–H groups in total. The Morgan fingerprint density at radius 3 is 2.31 bits per heavy atom. The highest BCUT2D eigenvalue weighted by Gasteiger charge is 2.35. The third-order valence-electron chi connectivity index (χ3n) is 5.13. The lowest BCUT2D eigenvalue weighted by Gasteiger charge is -2.17. The van der Waals surface area contributed by atoms with Gasteiger partial charge in [0, 0.05) is 30.3 Å². The van der Waals surface area contributed by atoms with Gasteiger partial charge in [-0.25, -0.2) is 0 Å². The second-order valence-corrected chi connectivity index (χ2v) is 7.45. The first-order chi connectivity index (χ1) is 16.6. The first kappa shape index (κ1) is 23.9. The summed E-state index contributed by atoms with van der Waals surface area (Å²) in [5.41, 5.74) is 0.633. The maximum atomic E-state index is 12.6. The van der Waals surface area contributed by atoms with Crippen LogP contribution in [0.3, 0.4) is 0 Å². The lowest BCUT2D eigenvalue weighted by molar-refractivity contribution is -0.274. The first-order valence-corrected chi connectivity index (χ1v) is 10.2. The molecule has 2 heterocycles. The molecule has 184 valence electrons. The van der Waals surface area contributed by atoms with Gasteiger partial charge in [-0.2, -0.15) is 0 Å². The summed E-state index contributed by atoms with van der Waals surface area (Å²) in [6, 6.07) is 9.41. The van der Waals surface area contributed by atoms with Gasteiger partial charge in [-0.05, 0) is 36.4 Å². The SMILES string of the molecule is COc1cc(OC)cc(C(=O)Nc2nnc(C3CC(=O)N(c4ccc(OC(F)(F)F)cc4)C3)o2)c1. The number of hydrogen-bond donors (Lipinski definition) is 1. The van der Waals surface area contributed by atoms with Gasteiger partial charge in [-0.3, -0.25) is 14.9 Å². The van der Waals surface area contributed by atoms with Crippen molar-refractivity contribution in [3.63, 3.8) is 0 Å². The molecular weight excluding hydrogens is 473 g/mol. The van der Waals surface area contributed by atoms with Crippen molar-refractivity contribution in [2.75, 3.05) is 31.0 Å². The Bertz CT molecular complexity index is 1210.